The van der Waals surface area contributed by atoms with Crippen LogP contribution >= 0.6 is 0 Å². The molecule has 1 N–H and O–H groups in total. The number of hydrogen-bond acceptors (Lipinski definition) is 4. The minimum absolute atomic E-state index is 0.0163. The van der Waals surface area contributed by atoms with Crippen molar-refractivity contribution in [3.63, 3.8) is 0 Å². The van der Waals surface area contributed by atoms with E-state index in [1.165, 1.54) is 0 Å². The molecule has 2 rings (SSSR count). The van der Waals surface area contributed by atoms with E-state index < -0.39 is 0 Å². The largest absolute Gasteiger partial charge is 0.492 e. The van der Waals surface area contributed by atoms with Crippen LogP contribution in [-0.2, 0) is 0 Å². The van der Waals surface area contributed by atoms with Crippen LogP contribution in [0, 0.1) is 0 Å². The van der Waals surface area contributed by atoms with Crippen molar-refractivity contribution >= 4 is 0 Å². The maximum Gasteiger partial charge on any atom is 0.137 e. The van der Waals surface area contributed by atoms with E-state index in [0.717, 1.165) is 36.5 Å². The molecule has 108 valence electrons. The second-order valence-corrected chi connectivity index (χ2v) is 4.70. The second kappa shape index (κ2) is 7.70. The second-order valence-electron chi connectivity index (χ2n) is 4.70. The van der Waals surface area contributed by atoms with Gasteiger partial charge in [-0.2, -0.15) is 0 Å². The number of pyridine rings is 1. The van der Waals surface area contributed by atoms with Crippen LogP contribution in [0.3, 0.4) is 0 Å². The third kappa shape index (κ3) is 3.84. The molecule has 0 aliphatic carbocycles. The minimum Gasteiger partial charge on any atom is -0.492 e. The summed E-state index contributed by atoms with van der Waals surface area (Å²) < 4.78 is 11.2. The first-order valence-corrected chi connectivity index (χ1v) is 7.19. The van der Waals surface area contributed by atoms with Crippen molar-refractivity contribution in [2.24, 2.45) is 0 Å². The molecule has 0 radical (unpaired) electrons. The molecule has 0 saturated heterocycles. The summed E-state index contributed by atoms with van der Waals surface area (Å²) in [6.07, 6.45) is 7.35. The topological polar surface area (TPSA) is 47.3 Å². The van der Waals surface area contributed by atoms with Gasteiger partial charge in [0.25, 0.3) is 0 Å². The summed E-state index contributed by atoms with van der Waals surface area (Å²) in [5.41, 5.74) is 1.06. The first kappa shape index (κ1) is 14.6. The lowest BCUT2D eigenvalue weighted by atomic mass is 10.1. The van der Waals surface area contributed by atoms with E-state index in [0.29, 0.717) is 6.61 Å². The molecule has 0 bridgehead atoms. The quantitative estimate of drug-likeness (QED) is 0.799. The highest BCUT2D eigenvalue weighted by Gasteiger charge is 2.17. The standard InChI is InChI=1S/C16H22N2O2/c1-3-7-18-16(15-6-5-9-20-15)13-10-14(12-17-11-13)19-8-4-2/h5-6,9-12,16,18H,3-4,7-8H2,1-2H3. The minimum atomic E-state index is 0.0163. The van der Waals surface area contributed by atoms with Crippen molar-refractivity contribution in [3.05, 3.63) is 48.2 Å². The molecule has 4 nitrogen and oxygen atoms in total. The van der Waals surface area contributed by atoms with Gasteiger partial charge in [-0.15, -0.1) is 0 Å². The molecule has 2 heterocycles. The number of nitrogens with zero attached hydrogens (tertiary/aromatic N) is 1. The number of hydrogen-bond donors (Lipinski definition) is 1. The summed E-state index contributed by atoms with van der Waals surface area (Å²) in [6, 6.07) is 5.93. The lowest BCUT2D eigenvalue weighted by Crippen LogP contribution is -2.23. The Balaban J connectivity index is 2.19. The van der Waals surface area contributed by atoms with Crippen LogP contribution < -0.4 is 10.1 Å². The summed E-state index contributed by atoms with van der Waals surface area (Å²) in [7, 11) is 0. The maximum atomic E-state index is 5.65. The fraction of sp³-hybridized carbons (Fsp3) is 0.438. The Hall–Kier alpha value is -1.81. The molecule has 2 aromatic rings. The van der Waals surface area contributed by atoms with Gasteiger partial charge in [0.15, 0.2) is 0 Å². The number of furan rings is 1. The highest BCUT2D eigenvalue weighted by molar-refractivity contribution is 5.30. The molecule has 20 heavy (non-hydrogen) atoms. The average Bonchev–Trinajstić information content (AvgIpc) is 3.00. The summed E-state index contributed by atoms with van der Waals surface area (Å²) in [5, 5.41) is 3.48. The summed E-state index contributed by atoms with van der Waals surface area (Å²) in [6.45, 7) is 5.86. The van der Waals surface area contributed by atoms with Gasteiger partial charge in [-0.3, -0.25) is 4.98 Å². The molecule has 2 aromatic heterocycles. The van der Waals surface area contributed by atoms with E-state index in [4.69, 9.17) is 9.15 Å². The predicted octanol–water partition coefficient (Wildman–Crippen LogP) is 3.55. The molecule has 0 spiro atoms. The normalized spacial score (nSPS) is 12.3. The lowest BCUT2D eigenvalue weighted by Gasteiger charge is -2.17. The van der Waals surface area contributed by atoms with E-state index in [1.54, 1.807) is 12.5 Å². The summed E-state index contributed by atoms with van der Waals surface area (Å²) >= 11 is 0. The van der Waals surface area contributed by atoms with Crippen molar-refractivity contribution in [3.8, 4) is 5.75 Å². The van der Waals surface area contributed by atoms with Gasteiger partial charge in [0.05, 0.1) is 25.1 Å². The van der Waals surface area contributed by atoms with Crippen LogP contribution in [0.25, 0.3) is 0 Å². The molecular formula is C16H22N2O2. The fourth-order valence-corrected chi connectivity index (χ4v) is 2.02. The molecule has 0 aromatic carbocycles. The predicted molar refractivity (Wildman–Crippen MR) is 78.9 cm³/mol. The molecule has 0 saturated carbocycles. The first-order valence-electron chi connectivity index (χ1n) is 7.19. The molecule has 1 atom stereocenters. The Morgan fingerprint density at radius 3 is 2.90 bits per heavy atom. The van der Waals surface area contributed by atoms with E-state index in [1.807, 2.05) is 24.4 Å². The Morgan fingerprint density at radius 2 is 2.20 bits per heavy atom. The Labute approximate surface area is 120 Å². The van der Waals surface area contributed by atoms with Crippen LogP contribution in [0.4, 0.5) is 0 Å². The van der Waals surface area contributed by atoms with Crippen LogP contribution in [-0.4, -0.2) is 18.1 Å². The van der Waals surface area contributed by atoms with Crippen LogP contribution in [0.1, 0.15) is 44.1 Å². The van der Waals surface area contributed by atoms with E-state index in [2.05, 4.69) is 24.1 Å². The van der Waals surface area contributed by atoms with Crippen LogP contribution in [0.5, 0.6) is 5.75 Å². The molecule has 4 heteroatoms. The Morgan fingerprint density at radius 1 is 1.30 bits per heavy atom. The summed E-state index contributed by atoms with van der Waals surface area (Å²) in [4.78, 5) is 4.27. The van der Waals surface area contributed by atoms with Gasteiger partial charge in [0.2, 0.25) is 0 Å². The van der Waals surface area contributed by atoms with Crippen molar-refractivity contribution in [1.29, 1.82) is 0 Å². The number of ether oxygens (including phenoxy) is 1. The Kier molecular flexibility index (Phi) is 5.62. The number of aromatic nitrogens is 1. The maximum absolute atomic E-state index is 5.65. The van der Waals surface area contributed by atoms with E-state index in [9.17, 15) is 0 Å². The van der Waals surface area contributed by atoms with Gasteiger partial charge >= 0.3 is 0 Å². The lowest BCUT2D eigenvalue weighted by molar-refractivity contribution is 0.315. The van der Waals surface area contributed by atoms with Crippen molar-refractivity contribution in [1.82, 2.24) is 10.3 Å². The van der Waals surface area contributed by atoms with Gasteiger partial charge in [-0.1, -0.05) is 13.8 Å². The molecule has 0 aliphatic heterocycles. The Bertz CT molecular complexity index is 497. The van der Waals surface area contributed by atoms with Crippen molar-refractivity contribution in [2.45, 2.75) is 32.7 Å². The third-order valence-electron chi connectivity index (χ3n) is 2.97. The number of nitrogens with one attached hydrogen (secondary N) is 1. The van der Waals surface area contributed by atoms with Gasteiger partial charge in [0, 0.05) is 6.20 Å². The van der Waals surface area contributed by atoms with Gasteiger partial charge in [0.1, 0.15) is 11.5 Å². The zero-order valence-corrected chi connectivity index (χ0v) is 12.1. The van der Waals surface area contributed by atoms with Crippen LogP contribution in [0.2, 0.25) is 0 Å². The highest BCUT2D eigenvalue weighted by atomic mass is 16.5. The van der Waals surface area contributed by atoms with Crippen LogP contribution in [0.15, 0.2) is 41.3 Å². The molecule has 0 aliphatic rings. The number of rotatable bonds is 8. The SMILES string of the molecule is CCCNC(c1cncc(OCCC)c1)c1ccco1. The van der Waals surface area contributed by atoms with Gasteiger partial charge in [-0.05, 0) is 43.1 Å². The average molecular weight is 274 g/mol. The van der Waals surface area contributed by atoms with E-state index in [-0.39, 0.29) is 6.04 Å². The zero-order valence-electron chi connectivity index (χ0n) is 12.1. The third-order valence-corrected chi connectivity index (χ3v) is 2.97. The van der Waals surface area contributed by atoms with Gasteiger partial charge in [-0.25, -0.2) is 0 Å². The van der Waals surface area contributed by atoms with Gasteiger partial charge < -0.3 is 14.5 Å². The first-order chi connectivity index (χ1) is 9.85. The monoisotopic (exact) mass is 274 g/mol. The summed E-state index contributed by atoms with van der Waals surface area (Å²) in [5.74, 6) is 1.70. The molecule has 1 unspecified atom stereocenters. The zero-order chi connectivity index (χ0) is 14.2. The fourth-order valence-electron chi connectivity index (χ4n) is 2.02. The van der Waals surface area contributed by atoms with E-state index >= 15 is 0 Å². The smallest absolute Gasteiger partial charge is 0.137 e. The molecule has 0 amide bonds. The van der Waals surface area contributed by atoms with Crippen molar-refractivity contribution < 1.29 is 9.15 Å². The van der Waals surface area contributed by atoms with Crippen molar-refractivity contribution in [2.75, 3.05) is 13.2 Å². The highest BCUT2D eigenvalue weighted by Crippen LogP contribution is 2.24. The molecule has 0 fully saturated rings. The molecular weight excluding hydrogens is 252 g/mol.